The fourth-order valence-electron chi connectivity index (χ4n) is 0.566. The number of carbonyl (C=O) groups excluding carboxylic acids is 1. The van der Waals surface area contributed by atoms with Crippen molar-refractivity contribution in [2.45, 2.75) is 5.92 Å². The van der Waals surface area contributed by atoms with Crippen molar-refractivity contribution in [2.75, 3.05) is 33.8 Å². The molecule has 13 heavy (non-hydrogen) atoms. The van der Waals surface area contributed by atoms with Crippen molar-refractivity contribution in [1.29, 1.82) is 0 Å². The van der Waals surface area contributed by atoms with Crippen molar-refractivity contribution in [3.05, 3.63) is 0 Å². The molecule has 0 heterocycles. The van der Waals surface area contributed by atoms with E-state index < -0.39 is 19.1 Å². The summed E-state index contributed by atoms with van der Waals surface area (Å²) in [4.78, 5) is 12.2. The zero-order valence-corrected chi connectivity index (χ0v) is 7.68. The van der Waals surface area contributed by atoms with Crippen molar-refractivity contribution in [3.63, 3.8) is 0 Å². The van der Waals surface area contributed by atoms with E-state index >= 15 is 0 Å². The fraction of sp³-hybridized carbons (Fsp3) is 0.857. The SMILES string of the molecule is CN(C)C(=O)CNCC(F)(F)CO. The molecule has 0 aromatic heterocycles. The van der Waals surface area contributed by atoms with Crippen LogP contribution in [0.15, 0.2) is 0 Å². The Morgan fingerprint density at radius 2 is 2.08 bits per heavy atom. The van der Waals surface area contributed by atoms with Gasteiger partial charge in [0, 0.05) is 14.1 Å². The molecular weight excluding hydrogens is 182 g/mol. The van der Waals surface area contributed by atoms with Gasteiger partial charge in [-0.1, -0.05) is 0 Å². The molecule has 0 spiro atoms. The second kappa shape index (κ2) is 5.08. The van der Waals surface area contributed by atoms with Gasteiger partial charge in [0.1, 0.15) is 6.61 Å². The second-order valence-electron chi connectivity index (χ2n) is 2.91. The molecule has 0 saturated carbocycles. The summed E-state index contributed by atoms with van der Waals surface area (Å²) in [5.74, 6) is -3.44. The Labute approximate surface area is 75.5 Å². The minimum atomic E-state index is -3.16. The molecular formula is C7H14F2N2O2. The first kappa shape index (κ1) is 12.2. The number of aliphatic hydroxyl groups excluding tert-OH is 1. The van der Waals surface area contributed by atoms with Crippen LogP contribution in [0.5, 0.6) is 0 Å². The van der Waals surface area contributed by atoms with E-state index in [9.17, 15) is 13.6 Å². The first-order valence-corrected chi connectivity index (χ1v) is 3.78. The normalized spacial score (nSPS) is 11.5. The second-order valence-corrected chi connectivity index (χ2v) is 2.91. The number of likely N-dealkylation sites (N-methyl/N-ethyl adjacent to an activating group) is 1. The summed E-state index contributed by atoms with van der Waals surface area (Å²) in [5, 5.41) is 10.4. The molecule has 78 valence electrons. The Morgan fingerprint density at radius 3 is 2.46 bits per heavy atom. The number of alkyl halides is 2. The number of aliphatic hydroxyl groups is 1. The molecule has 0 aliphatic rings. The summed E-state index contributed by atoms with van der Waals surface area (Å²) in [6, 6.07) is 0. The van der Waals surface area contributed by atoms with E-state index in [1.807, 2.05) is 0 Å². The van der Waals surface area contributed by atoms with Crippen molar-refractivity contribution in [1.82, 2.24) is 10.2 Å². The topological polar surface area (TPSA) is 52.6 Å². The highest BCUT2D eigenvalue weighted by Crippen LogP contribution is 2.09. The Kier molecular flexibility index (Phi) is 4.79. The van der Waals surface area contributed by atoms with E-state index in [0.717, 1.165) is 0 Å². The largest absolute Gasteiger partial charge is 0.390 e. The van der Waals surface area contributed by atoms with Gasteiger partial charge in [0.25, 0.3) is 5.92 Å². The van der Waals surface area contributed by atoms with Gasteiger partial charge in [0.05, 0.1) is 13.1 Å². The maximum atomic E-state index is 12.4. The standard InChI is InChI=1S/C7H14F2N2O2/c1-11(2)6(13)3-10-4-7(8,9)5-12/h10,12H,3-5H2,1-2H3. The van der Waals surface area contributed by atoms with Crippen LogP contribution in [0.3, 0.4) is 0 Å². The summed E-state index contributed by atoms with van der Waals surface area (Å²) >= 11 is 0. The van der Waals surface area contributed by atoms with Crippen molar-refractivity contribution in [3.8, 4) is 0 Å². The quantitative estimate of drug-likeness (QED) is 0.611. The van der Waals surface area contributed by atoms with Gasteiger partial charge in [-0.3, -0.25) is 4.79 Å². The van der Waals surface area contributed by atoms with E-state index in [-0.39, 0.29) is 12.5 Å². The molecule has 1 amide bonds. The number of hydrogen-bond acceptors (Lipinski definition) is 3. The number of amides is 1. The zero-order valence-electron chi connectivity index (χ0n) is 7.68. The fourth-order valence-corrected chi connectivity index (χ4v) is 0.566. The lowest BCUT2D eigenvalue weighted by Crippen LogP contribution is -2.40. The minimum absolute atomic E-state index is 0.150. The molecule has 6 heteroatoms. The van der Waals surface area contributed by atoms with E-state index in [0.29, 0.717) is 0 Å². The molecule has 0 unspecified atom stereocenters. The molecule has 0 aromatic carbocycles. The van der Waals surface area contributed by atoms with Gasteiger partial charge in [-0.05, 0) is 0 Å². The first-order valence-electron chi connectivity index (χ1n) is 3.78. The van der Waals surface area contributed by atoms with Crippen LogP contribution in [-0.4, -0.2) is 55.6 Å². The highest BCUT2D eigenvalue weighted by Gasteiger charge is 2.27. The van der Waals surface area contributed by atoms with Crippen LogP contribution in [-0.2, 0) is 4.79 Å². The predicted octanol–water partition coefficient (Wildman–Crippen LogP) is -0.708. The Balaban J connectivity index is 3.62. The van der Waals surface area contributed by atoms with Crippen molar-refractivity contribution >= 4 is 5.91 Å². The van der Waals surface area contributed by atoms with Crippen LogP contribution in [0.2, 0.25) is 0 Å². The molecule has 0 fully saturated rings. The molecule has 4 nitrogen and oxygen atoms in total. The minimum Gasteiger partial charge on any atom is -0.390 e. The van der Waals surface area contributed by atoms with Crippen LogP contribution < -0.4 is 5.32 Å². The summed E-state index contributed by atoms with van der Waals surface area (Å²) in [5.41, 5.74) is 0. The van der Waals surface area contributed by atoms with Crippen LogP contribution in [0.25, 0.3) is 0 Å². The monoisotopic (exact) mass is 196 g/mol. The van der Waals surface area contributed by atoms with Gasteiger partial charge in [0.2, 0.25) is 5.91 Å². The van der Waals surface area contributed by atoms with Gasteiger partial charge in [-0.2, -0.15) is 0 Å². The van der Waals surface area contributed by atoms with Crippen LogP contribution in [0.1, 0.15) is 0 Å². The van der Waals surface area contributed by atoms with Crippen molar-refractivity contribution < 1.29 is 18.7 Å². The lowest BCUT2D eigenvalue weighted by Gasteiger charge is -2.15. The van der Waals surface area contributed by atoms with E-state index in [4.69, 9.17) is 5.11 Å². The smallest absolute Gasteiger partial charge is 0.282 e. The molecule has 0 rings (SSSR count). The number of nitrogens with one attached hydrogen (secondary N) is 1. The Bertz CT molecular complexity index is 174. The third-order valence-corrected chi connectivity index (χ3v) is 1.39. The summed E-state index contributed by atoms with van der Waals surface area (Å²) in [7, 11) is 3.07. The van der Waals surface area contributed by atoms with Crippen LogP contribution >= 0.6 is 0 Å². The lowest BCUT2D eigenvalue weighted by atomic mass is 10.3. The van der Waals surface area contributed by atoms with Gasteiger partial charge in [0.15, 0.2) is 0 Å². The highest BCUT2D eigenvalue weighted by atomic mass is 19.3. The average Bonchev–Trinajstić information content (AvgIpc) is 2.04. The molecule has 0 aliphatic heterocycles. The number of carbonyl (C=O) groups is 1. The molecule has 0 saturated heterocycles. The molecule has 0 aromatic rings. The van der Waals surface area contributed by atoms with E-state index in [2.05, 4.69) is 5.32 Å². The van der Waals surface area contributed by atoms with Gasteiger partial charge in [-0.25, -0.2) is 8.78 Å². The highest BCUT2D eigenvalue weighted by molar-refractivity contribution is 5.77. The zero-order chi connectivity index (χ0) is 10.5. The molecule has 0 bridgehead atoms. The molecule has 0 atom stereocenters. The van der Waals surface area contributed by atoms with Gasteiger partial charge >= 0.3 is 0 Å². The summed E-state index contributed by atoms with van der Waals surface area (Å²) < 4.78 is 24.7. The number of halogens is 2. The maximum absolute atomic E-state index is 12.4. The number of nitrogens with zero attached hydrogens (tertiary/aromatic N) is 1. The van der Waals surface area contributed by atoms with Gasteiger partial charge in [-0.15, -0.1) is 0 Å². The molecule has 0 aliphatic carbocycles. The Morgan fingerprint density at radius 1 is 1.54 bits per heavy atom. The lowest BCUT2D eigenvalue weighted by molar-refractivity contribution is -0.128. The number of rotatable bonds is 5. The maximum Gasteiger partial charge on any atom is 0.282 e. The van der Waals surface area contributed by atoms with Crippen LogP contribution in [0, 0.1) is 0 Å². The molecule has 2 N–H and O–H groups in total. The third-order valence-electron chi connectivity index (χ3n) is 1.39. The Hall–Kier alpha value is -0.750. The predicted molar refractivity (Wildman–Crippen MR) is 43.6 cm³/mol. The van der Waals surface area contributed by atoms with E-state index in [1.165, 1.54) is 19.0 Å². The third kappa shape index (κ3) is 5.48. The first-order chi connectivity index (χ1) is 5.89. The van der Waals surface area contributed by atoms with Crippen molar-refractivity contribution in [2.24, 2.45) is 0 Å². The molecule has 0 radical (unpaired) electrons. The van der Waals surface area contributed by atoms with Gasteiger partial charge < -0.3 is 15.3 Å². The number of hydrogen-bond donors (Lipinski definition) is 2. The summed E-state index contributed by atoms with van der Waals surface area (Å²) in [6.45, 7) is -2.05. The van der Waals surface area contributed by atoms with Crippen LogP contribution in [0.4, 0.5) is 8.78 Å². The summed E-state index contributed by atoms with van der Waals surface area (Å²) in [6.07, 6.45) is 0. The van der Waals surface area contributed by atoms with E-state index in [1.54, 1.807) is 0 Å². The average molecular weight is 196 g/mol.